The second-order valence-electron chi connectivity index (χ2n) is 25.5. The number of carbonyl (C=O) groups is 7. The highest BCUT2D eigenvalue weighted by molar-refractivity contribution is 6.33. The number of phenolic OH excluding ortho intramolecular Hbond substituents is 1. The second-order valence-corrected chi connectivity index (χ2v) is 28.1. The molecule has 7 aromatic rings. The molecular formula is C72H78Cl6N18O17. The first kappa shape index (κ1) is 84.6. The fourth-order valence-corrected chi connectivity index (χ4v) is 14.0. The summed E-state index contributed by atoms with van der Waals surface area (Å²) in [6.45, 7) is 12.2. The van der Waals surface area contributed by atoms with Crippen molar-refractivity contribution in [3.8, 4) is 34.5 Å². The number of piperazine rings is 3. The smallest absolute Gasteiger partial charge is 0.314 e. The topological polar surface area (TPSA) is 468 Å². The first-order chi connectivity index (χ1) is 54.2. The molecule has 0 radical (unpaired) electrons. The molecule has 35 nitrogen and oxygen atoms in total. The van der Waals surface area contributed by atoms with Gasteiger partial charge in [0.05, 0.1) is 84.5 Å². The Hall–Kier alpha value is -10.8. The fourth-order valence-electron chi connectivity index (χ4n) is 12.7. The summed E-state index contributed by atoms with van der Waals surface area (Å²) in [5, 5.41) is 49.2. The third-order valence-corrected chi connectivity index (χ3v) is 19.1. The summed E-state index contributed by atoms with van der Waals surface area (Å²) < 4.78 is 26.9. The van der Waals surface area contributed by atoms with Gasteiger partial charge in [0.25, 0.3) is 41.4 Å². The Morgan fingerprint density at radius 2 is 0.770 bits per heavy atom. The van der Waals surface area contributed by atoms with E-state index in [0.717, 1.165) is 113 Å². The molecule has 600 valence electrons. The number of phenols is 1. The van der Waals surface area contributed by atoms with E-state index < -0.39 is 21.3 Å². The van der Waals surface area contributed by atoms with Crippen molar-refractivity contribution in [3.05, 3.63) is 159 Å². The van der Waals surface area contributed by atoms with Crippen molar-refractivity contribution >= 4 is 179 Å². The largest absolute Gasteiger partial charge is 0.501 e. The molecular weight excluding hydrogens is 1600 g/mol. The van der Waals surface area contributed by atoms with Crippen molar-refractivity contribution in [2.45, 2.75) is 12.8 Å². The number of ether oxygens (including phenoxy) is 5. The predicted octanol–water partition coefficient (Wildman–Crippen LogP) is 8.60. The number of nitrogens with one attached hydrogen (secondary N) is 6. The van der Waals surface area contributed by atoms with Gasteiger partial charge >= 0.3 is 11.4 Å². The van der Waals surface area contributed by atoms with Crippen LogP contribution in [-0.4, -0.2) is 209 Å². The summed E-state index contributed by atoms with van der Waals surface area (Å²) in [5.74, 6) is 0.509. The number of rotatable bonds is 11. The summed E-state index contributed by atoms with van der Waals surface area (Å²) in [6.07, 6.45) is 2.23. The van der Waals surface area contributed by atoms with Crippen molar-refractivity contribution in [1.82, 2.24) is 20.0 Å². The van der Waals surface area contributed by atoms with Gasteiger partial charge in [0.2, 0.25) is 11.5 Å². The van der Waals surface area contributed by atoms with Gasteiger partial charge in [0, 0.05) is 121 Å². The maximum atomic E-state index is 12.6. The van der Waals surface area contributed by atoms with E-state index in [0.29, 0.717) is 97.3 Å². The first-order valence-electron chi connectivity index (χ1n) is 35.0. The molecule has 0 atom stereocenters. The van der Waals surface area contributed by atoms with Gasteiger partial charge in [-0.15, -0.1) is 0 Å². The highest BCUT2D eigenvalue weighted by Crippen LogP contribution is 2.46. The molecule has 0 unspecified atom stereocenters. The van der Waals surface area contributed by atoms with Crippen molar-refractivity contribution in [2.75, 3.05) is 191 Å². The van der Waals surface area contributed by atoms with Crippen LogP contribution in [0, 0.1) is 20.2 Å². The number of nitrogens with two attached hydrogens (primary N) is 4. The maximum Gasteiger partial charge on any atom is 0.314 e. The van der Waals surface area contributed by atoms with Gasteiger partial charge in [-0.2, -0.15) is 0 Å². The molecule has 113 heavy (non-hydrogen) atoms. The Kier molecular flexibility index (Phi) is 29.3. The quantitative estimate of drug-likeness (QED) is 0.0144. The number of hydrogen-bond acceptors (Lipinski definition) is 27. The summed E-state index contributed by atoms with van der Waals surface area (Å²) in [7, 11) is 1.50. The van der Waals surface area contributed by atoms with Gasteiger partial charge in [-0.1, -0.05) is 81.7 Å². The van der Waals surface area contributed by atoms with Crippen molar-refractivity contribution in [3.63, 3.8) is 0 Å². The third kappa shape index (κ3) is 21.7. The van der Waals surface area contributed by atoms with Crippen LogP contribution in [0.2, 0.25) is 30.1 Å². The first-order valence-corrected chi connectivity index (χ1v) is 37.2. The number of imide groups is 1. The number of halogens is 6. The molecule has 7 amide bonds. The van der Waals surface area contributed by atoms with E-state index in [2.05, 4.69) is 62.1 Å². The van der Waals surface area contributed by atoms with Gasteiger partial charge in [0.1, 0.15) is 0 Å². The van der Waals surface area contributed by atoms with E-state index in [4.69, 9.17) is 116 Å². The Morgan fingerprint density at radius 3 is 1.19 bits per heavy atom. The van der Waals surface area contributed by atoms with Crippen molar-refractivity contribution < 1.29 is 72.2 Å². The monoisotopic (exact) mass is 1680 g/mol. The summed E-state index contributed by atoms with van der Waals surface area (Å²) in [6, 6.07) is 25.7. The Morgan fingerprint density at radius 1 is 0.434 bits per heavy atom. The lowest BCUT2D eigenvalue weighted by Gasteiger charge is -2.38. The molecule has 0 aromatic heterocycles. The lowest BCUT2D eigenvalue weighted by Crippen LogP contribution is -2.51. The van der Waals surface area contributed by atoms with E-state index in [9.17, 15) is 53.8 Å². The fraction of sp³-hybridized carbons (Fsp3) is 0.319. The molecule has 16 rings (SSSR count). The number of amides is 7. The van der Waals surface area contributed by atoms with E-state index in [1.807, 2.05) is 18.2 Å². The highest BCUT2D eigenvalue weighted by Gasteiger charge is 2.38. The number of carbonyl (C=O) groups excluding carboxylic acids is 7. The SMILES string of the molecule is CN.NCCCCN1CCN(c2cc(Cl)cc3c2OCC(=O)N3)CC1.Nc1cc(Cl)cc([N+](=O)[O-])c1O.Nc1cc(Cl)cc2c1OCC(=O)N2.O=C1COc2c(cc(Cl)cc2N2CCN(CN3C(=O)c4ccccc4C3=O)CC2)N1.O=C1COc2c(cc(Cl)cc2N2CCNCC2)N1.O=C1COc2c(cc(Cl)cc2[N+](=O)[O-])N1. The summed E-state index contributed by atoms with van der Waals surface area (Å²) in [5.41, 5.74) is 26.8. The van der Waals surface area contributed by atoms with Crippen LogP contribution < -0.4 is 93.2 Å². The molecule has 9 heterocycles. The van der Waals surface area contributed by atoms with E-state index in [-0.39, 0.29) is 114 Å². The van der Waals surface area contributed by atoms with Gasteiger partial charge < -0.3 is 98.3 Å². The zero-order valence-corrected chi connectivity index (χ0v) is 65.0. The zero-order chi connectivity index (χ0) is 81.3. The number of nitro benzene ring substituents is 2. The maximum absolute atomic E-state index is 12.6. The summed E-state index contributed by atoms with van der Waals surface area (Å²) in [4.78, 5) is 114. The lowest BCUT2D eigenvalue weighted by molar-refractivity contribution is -0.385. The molecule has 15 N–H and O–H groups in total. The van der Waals surface area contributed by atoms with E-state index in [1.54, 1.807) is 54.6 Å². The number of aromatic hydroxyl groups is 1. The normalized spacial score (nSPS) is 16.3. The average Bonchev–Trinajstić information content (AvgIpc) is 1.46. The summed E-state index contributed by atoms with van der Waals surface area (Å²) >= 11 is 35.4. The molecule has 9 aliphatic heterocycles. The average molecular weight is 1680 g/mol. The number of benzene rings is 7. The van der Waals surface area contributed by atoms with Gasteiger partial charge in [-0.25, -0.2) is 0 Å². The molecule has 0 saturated carbocycles. The molecule has 0 bridgehead atoms. The number of anilines is 10. The van der Waals surface area contributed by atoms with E-state index >= 15 is 0 Å². The van der Waals surface area contributed by atoms with Crippen LogP contribution in [0.1, 0.15) is 33.6 Å². The molecule has 7 aromatic carbocycles. The van der Waals surface area contributed by atoms with Gasteiger partial charge in [-0.3, -0.25) is 68.5 Å². The van der Waals surface area contributed by atoms with Gasteiger partial charge in [-0.05, 0) is 106 Å². The van der Waals surface area contributed by atoms with Crippen LogP contribution in [0.25, 0.3) is 0 Å². The Bertz CT molecular complexity index is 4750. The van der Waals surface area contributed by atoms with Crippen LogP contribution >= 0.6 is 69.6 Å². The number of nitrogens with zero attached hydrogens (tertiary/aromatic N) is 8. The Balaban J connectivity index is 0.000000147. The molecule has 3 fully saturated rings. The highest BCUT2D eigenvalue weighted by atomic mass is 35.5. The van der Waals surface area contributed by atoms with Crippen LogP contribution in [0.5, 0.6) is 34.5 Å². The predicted molar refractivity (Wildman–Crippen MR) is 431 cm³/mol. The zero-order valence-electron chi connectivity index (χ0n) is 60.4. The van der Waals surface area contributed by atoms with Crippen molar-refractivity contribution in [1.29, 1.82) is 0 Å². The number of unbranched alkanes of at least 4 members (excludes halogenated alkanes) is 1. The van der Waals surface area contributed by atoms with Crippen LogP contribution in [0.15, 0.2) is 97.1 Å². The van der Waals surface area contributed by atoms with Crippen LogP contribution in [0.3, 0.4) is 0 Å². The molecule has 0 spiro atoms. The molecule has 9 aliphatic rings. The second kappa shape index (κ2) is 39.1. The Labute approximate surface area is 676 Å². The number of nitro groups is 2. The van der Waals surface area contributed by atoms with Crippen LogP contribution in [-0.2, 0) is 24.0 Å². The lowest BCUT2D eigenvalue weighted by atomic mass is 10.1. The standard InChI is InChI=1S/C21H19ClN4O4.C16H23ClN4O2.C12H14ClN3O2.C8H5ClN2O4.C8H7ClN2O2.C6H5ClN2O3.CH5N/c22-13-9-16-19(30-11-18(27)23-16)17(10-13)25-7-5-24(6-8-25)12-26-20(28)14-3-1-2-4-15(14)21(26)29;17-12-9-13-16(23-11-15(22)19-13)14(10-12)21-7-5-20(6-8-21)4-2-1-3-18;13-8-5-9-12(18-7-11(17)15-9)10(6-8)16-3-1-14-2-4-16;9-4-1-5-8(6(2-4)11(13)14)15-3-7(12)10-5;9-4-1-5(10)8-6(2-4)11-7(12)3-13-8;7-3-1-4(8)6(10)5(2-3)9(11)12;1-2/h1-4,9-10H,5-8,11-12H2,(H,23,27);9-10H,1-8,11,18H2,(H,19,22);5-6,14H,1-4,7H2,(H,15,17);1-2H,3H2,(H,10,12);1-2H,3,10H2,(H,11,12);1-2,10H,8H2;2H2,1H3. The van der Waals surface area contributed by atoms with Crippen molar-refractivity contribution in [2.24, 2.45) is 11.5 Å². The number of fused-ring (bicyclic) bond motifs is 6. The van der Waals surface area contributed by atoms with Crippen LogP contribution in [0.4, 0.5) is 68.2 Å². The van der Waals surface area contributed by atoms with E-state index in [1.165, 1.54) is 30.1 Å². The molecule has 41 heteroatoms. The number of nitrogen functional groups attached to an aromatic ring is 2. The molecule has 0 aliphatic carbocycles. The minimum Gasteiger partial charge on any atom is -0.501 e. The third-order valence-electron chi connectivity index (χ3n) is 17.8. The van der Waals surface area contributed by atoms with Gasteiger partial charge in [0.15, 0.2) is 56.0 Å². The minimum absolute atomic E-state index is 0.00116. The number of hydrogen-bond donors (Lipinski definition) is 11. The molecule has 3 saturated heterocycles. The minimum atomic E-state index is -0.752.